The Morgan fingerprint density at radius 1 is 1.24 bits per heavy atom. The number of aldehydes is 1. The van der Waals surface area contributed by atoms with E-state index in [1.54, 1.807) is 12.1 Å². The van der Waals surface area contributed by atoms with Crippen LogP contribution in [0.25, 0.3) is 11.4 Å². The van der Waals surface area contributed by atoms with E-state index in [0.717, 1.165) is 17.4 Å². The Morgan fingerprint density at radius 2 is 2.04 bits per heavy atom. The number of rotatable bonds is 6. The lowest BCUT2D eigenvalue weighted by Crippen LogP contribution is -1.99. The quantitative estimate of drug-likeness (QED) is 0.574. The van der Waals surface area contributed by atoms with Crippen molar-refractivity contribution in [3.05, 3.63) is 57.9 Å². The normalized spacial score (nSPS) is 10.5. The maximum Gasteiger partial charge on any atom is 0.264 e. The van der Waals surface area contributed by atoms with E-state index in [-0.39, 0.29) is 6.61 Å². The van der Waals surface area contributed by atoms with E-state index in [1.807, 2.05) is 31.2 Å². The second-order valence-electron chi connectivity index (χ2n) is 5.26. The van der Waals surface area contributed by atoms with Crippen LogP contribution in [0.3, 0.4) is 0 Å². The third-order valence-corrected chi connectivity index (χ3v) is 4.30. The first kappa shape index (κ1) is 17.2. The second kappa shape index (κ2) is 7.48. The first-order valence-corrected chi connectivity index (χ1v) is 8.25. The standard InChI is InChI=1S/C18H15BrN2O4/c1-11-5-3-4-6-13(11)18-20-17(25-21-18)10-24-16-7-12(9-22)14(19)8-15(16)23-2/h3-9H,10H2,1-2H3. The monoisotopic (exact) mass is 402 g/mol. The number of hydrogen-bond acceptors (Lipinski definition) is 6. The molecule has 0 unspecified atom stereocenters. The Hall–Kier alpha value is -2.67. The lowest BCUT2D eigenvalue weighted by atomic mass is 10.1. The Labute approximate surface area is 152 Å². The molecule has 0 atom stereocenters. The maximum atomic E-state index is 11.1. The number of nitrogens with zero attached hydrogens (tertiary/aromatic N) is 2. The van der Waals surface area contributed by atoms with Crippen molar-refractivity contribution in [3.8, 4) is 22.9 Å². The molecule has 0 saturated heterocycles. The Kier molecular flexibility index (Phi) is 5.14. The Morgan fingerprint density at radius 3 is 2.76 bits per heavy atom. The topological polar surface area (TPSA) is 74.5 Å². The van der Waals surface area contributed by atoms with Gasteiger partial charge in [0.05, 0.1) is 7.11 Å². The fourth-order valence-electron chi connectivity index (χ4n) is 2.30. The van der Waals surface area contributed by atoms with E-state index in [0.29, 0.717) is 33.3 Å². The van der Waals surface area contributed by atoms with Gasteiger partial charge in [-0.25, -0.2) is 0 Å². The molecule has 0 bridgehead atoms. The molecule has 7 heteroatoms. The van der Waals surface area contributed by atoms with Crippen molar-refractivity contribution < 1.29 is 18.8 Å². The predicted molar refractivity (Wildman–Crippen MR) is 94.9 cm³/mol. The number of hydrogen-bond donors (Lipinski definition) is 0. The van der Waals surface area contributed by atoms with Gasteiger partial charge in [0.25, 0.3) is 5.89 Å². The molecule has 0 aliphatic carbocycles. The molecule has 128 valence electrons. The van der Waals surface area contributed by atoms with E-state index in [1.165, 1.54) is 7.11 Å². The van der Waals surface area contributed by atoms with Crippen molar-refractivity contribution in [2.45, 2.75) is 13.5 Å². The summed E-state index contributed by atoms with van der Waals surface area (Å²) < 4.78 is 16.8. The van der Waals surface area contributed by atoms with Gasteiger partial charge in [-0.05, 0) is 40.5 Å². The molecule has 0 spiro atoms. The zero-order chi connectivity index (χ0) is 17.8. The molecule has 0 aliphatic heterocycles. The minimum Gasteiger partial charge on any atom is -0.493 e. The third-order valence-electron chi connectivity index (χ3n) is 3.62. The summed E-state index contributed by atoms with van der Waals surface area (Å²) in [5, 5.41) is 3.99. The molecular weight excluding hydrogens is 388 g/mol. The van der Waals surface area contributed by atoms with Crippen molar-refractivity contribution in [2.24, 2.45) is 0 Å². The summed E-state index contributed by atoms with van der Waals surface area (Å²) in [4.78, 5) is 15.4. The smallest absolute Gasteiger partial charge is 0.264 e. The average Bonchev–Trinajstić information content (AvgIpc) is 3.09. The van der Waals surface area contributed by atoms with Crippen LogP contribution in [0.5, 0.6) is 11.5 Å². The van der Waals surface area contributed by atoms with Crippen molar-refractivity contribution in [1.82, 2.24) is 10.1 Å². The summed E-state index contributed by atoms with van der Waals surface area (Å²) in [6.07, 6.45) is 0.735. The van der Waals surface area contributed by atoms with Gasteiger partial charge in [0, 0.05) is 15.6 Å². The Balaban J connectivity index is 1.79. The van der Waals surface area contributed by atoms with Gasteiger partial charge in [-0.1, -0.05) is 29.4 Å². The van der Waals surface area contributed by atoms with Gasteiger partial charge in [0.2, 0.25) is 5.82 Å². The molecule has 0 aliphatic rings. The van der Waals surface area contributed by atoms with Gasteiger partial charge in [-0.15, -0.1) is 0 Å². The van der Waals surface area contributed by atoms with E-state index >= 15 is 0 Å². The highest BCUT2D eigenvalue weighted by molar-refractivity contribution is 9.10. The highest BCUT2D eigenvalue weighted by Crippen LogP contribution is 2.33. The summed E-state index contributed by atoms with van der Waals surface area (Å²) >= 11 is 3.31. The van der Waals surface area contributed by atoms with Gasteiger partial charge in [-0.2, -0.15) is 4.98 Å². The van der Waals surface area contributed by atoms with Crippen LogP contribution in [-0.2, 0) is 6.61 Å². The molecule has 2 aromatic carbocycles. The molecule has 0 N–H and O–H groups in total. The van der Waals surface area contributed by atoms with E-state index in [4.69, 9.17) is 14.0 Å². The fraction of sp³-hybridized carbons (Fsp3) is 0.167. The van der Waals surface area contributed by atoms with Crippen LogP contribution in [0.15, 0.2) is 45.4 Å². The highest BCUT2D eigenvalue weighted by Gasteiger charge is 2.14. The van der Waals surface area contributed by atoms with Crippen LogP contribution in [0.2, 0.25) is 0 Å². The third kappa shape index (κ3) is 3.71. The summed E-state index contributed by atoms with van der Waals surface area (Å²) in [5.74, 6) is 1.75. The van der Waals surface area contributed by atoms with Crippen molar-refractivity contribution in [1.29, 1.82) is 0 Å². The lowest BCUT2D eigenvalue weighted by molar-refractivity contribution is 0.112. The van der Waals surface area contributed by atoms with E-state index in [2.05, 4.69) is 26.1 Å². The first-order valence-electron chi connectivity index (χ1n) is 7.46. The van der Waals surface area contributed by atoms with Crippen molar-refractivity contribution in [2.75, 3.05) is 7.11 Å². The molecule has 0 saturated carbocycles. The second-order valence-corrected chi connectivity index (χ2v) is 6.11. The van der Waals surface area contributed by atoms with Gasteiger partial charge in [0.1, 0.15) is 0 Å². The van der Waals surface area contributed by atoms with Crippen LogP contribution in [0, 0.1) is 6.92 Å². The molecule has 0 radical (unpaired) electrons. The average molecular weight is 403 g/mol. The largest absolute Gasteiger partial charge is 0.493 e. The number of ether oxygens (including phenoxy) is 2. The molecule has 25 heavy (non-hydrogen) atoms. The SMILES string of the molecule is COc1cc(Br)c(C=O)cc1OCc1nc(-c2ccccc2C)no1. The molecule has 1 heterocycles. The van der Waals surface area contributed by atoms with Crippen LogP contribution in [0.1, 0.15) is 21.8 Å². The van der Waals surface area contributed by atoms with Gasteiger partial charge < -0.3 is 14.0 Å². The minimum absolute atomic E-state index is 0.0647. The van der Waals surface area contributed by atoms with Crippen LogP contribution in [0.4, 0.5) is 0 Å². The van der Waals surface area contributed by atoms with Gasteiger partial charge in [-0.3, -0.25) is 4.79 Å². The zero-order valence-electron chi connectivity index (χ0n) is 13.7. The number of halogens is 1. The molecule has 3 aromatic rings. The highest BCUT2D eigenvalue weighted by atomic mass is 79.9. The number of carbonyl (C=O) groups excluding carboxylic acids is 1. The Bertz CT molecular complexity index is 908. The molecule has 3 rings (SSSR count). The lowest BCUT2D eigenvalue weighted by Gasteiger charge is -2.10. The van der Waals surface area contributed by atoms with Crippen LogP contribution >= 0.6 is 15.9 Å². The summed E-state index contributed by atoms with van der Waals surface area (Å²) in [6.45, 7) is 2.05. The van der Waals surface area contributed by atoms with E-state index in [9.17, 15) is 4.79 Å². The minimum atomic E-state index is 0.0647. The number of carbonyl (C=O) groups is 1. The van der Waals surface area contributed by atoms with Crippen LogP contribution in [-0.4, -0.2) is 23.5 Å². The molecular formula is C18H15BrN2O4. The number of aromatic nitrogens is 2. The summed E-state index contributed by atoms with van der Waals surface area (Å²) in [7, 11) is 1.53. The summed E-state index contributed by atoms with van der Waals surface area (Å²) in [5.41, 5.74) is 2.42. The summed E-state index contributed by atoms with van der Waals surface area (Å²) in [6, 6.07) is 11.0. The van der Waals surface area contributed by atoms with Crippen LogP contribution < -0.4 is 9.47 Å². The zero-order valence-corrected chi connectivity index (χ0v) is 15.2. The molecule has 6 nitrogen and oxygen atoms in total. The van der Waals surface area contributed by atoms with Crippen molar-refractivity contribution in [3.63, 3.8) is 0 Å². The first-order chi connectivity index (χ1) is 12.1. The molecule has 0 amide bonds. The maximum absolute atomic E-state index is 11.1. The van der Waals surface area contributed by atoms with E-state index < -0.39 is 0 Å². The number of methoxy groups -OCH3 is 1. The van der Waals surface area contributed by atoms with Gasteiger partial charge >= 0.3 is 0 Å². The van der Waals surface area contributed by atoms with Gasteiger partial charge in [0.15, 0.2) is 24.4 Å². The molecule has 1 aromatic heterocycles. The molecule has 0 fully saturated rings. The predicted octanol–water partition coefficient (Wildman–Crippen LogP) is 4.21. The number of aryl methyl sites for hydroxylation is 1. The van der Waals surface area contributed by atoms with Crippen molar-refractivity contribution >= 4 is 22.2 Å². The fourth-order valence-corrected chi connectivity index (χ4v) is 2.72. The number of benzene rings is 2.